The van der Waals surface area contributed by atoms with Crippen molar-refractivity contribution in [2.45, 2.75) is 12.6 Å². The first-order chi connectivity index (χ1) is 8.83. The second-order valence-corrected chi connectivity index (χ2v) is 4.93. The molecule has 18 heavy (non-hydrogen) atoms. The lowest BCUT2D eigenvalue weighted by atomic mass is 10.1. The molecule has 0 saturated carbocycles. The second-order valence-electron chi connectivity index (χ2n) is 4.93. The normalized spacial score (nSPS) is 25.0. The third-order valence-electron chi connectivity index (χ3n) is 3.66. The van der Waals surface area contributed by atoms with Gasteiger partial charge in [0.2, 0.25) is 5.91 Å². The highest BCUT2D eigenvalue weighted by Crippen LogP contribution is 2.14. The molecular weight excluding hydrogens is 228 g/mol. The molecule has 96 valence electrons. The summed E-state index contributed by atoms with van der Waals surface area (Å²) in [6.07, 6.45) is 1.83. The van der Waals surface area contributed by atoms with E-state index >= 15 is 0 Å². The Hall–Kier alpha value is -1.46. The lowest BCUT2D eigenvalue weighted by Gasteiger charge is -2.44. The molecule has 1 unspecified atom stereocenters. The molecule has 1 N–H and O–H groups in total. The molecular formula is C13H18N4O. The van der Waals surface area contributed by atoms with Gasteiger partial charge in [-0.15, -0.1) is 0 Å². The Morgan fingerprint density at radius 3 is 3.17 bits per heavy atom. The van der Waals surface area contributed by atoms with Crippen LogP contribution >= 0.6 is 0 Å². The molecule has 0 spiro atoms. The number of fused-ring (bicyclic) bond motifs is 1. The summed E-state index contributed by atoms with van der Waals surface area (Å²) in [5, 5.41) is 3.18. The van der Waals surface area contributed by atoms with Crippen LogP contribution in [0.1, 0.15) is 5.69 Å². The van der Waals surface area contributed by atoms with Crippen LogP contribution < -0.4 is 5.32 Å². The van der Waals surface area contributed by atoms with Crippen molar-refractivity contribution in [3.63, 3.8) is 0 Å². The first kappa shape index (κ1) is 11.6. The molecule has 1 amide bonds. The number of rotatable bonds is 2. The van der Waals surface area contributed by atoms with Gasteiger partial charge in [0, 0.05) is 38.9 Å². The van der Waals surface area contributed by atoms with Gasteiger partial charge in [0.25, 0.3) is 0 Å². The largest absolute Gasteiger partial charge is 0.335 e. The van der Waals surface area contributed by atoms with E-state index in [1.807, 2.05) is 23.2 Å². The van der Waals surface area contributed by atoms with Crippen LogP contribution in [0.5, 0.6) is 0 Å². The number of amides is 1. The topological polar surface area (TPSA) is 48.5 Å². The van der Waals surface area contributed by atoms with Gasteiger partial charge in [-0.3, -0.25) is 14.7 Å². The summed E-state index contributed by atoms with van der Waals surface area (Å²) < 4.78 is 0. The van der Waals surface area contributed by atoms with E-state index in [1.165, 1.54) is 0 Å². The lowest BCUT2D eigenvalue weighted by Crippen LogP contribution is -2.63. The summed E-state index contributed by atoms with van der Waals surface area (Å²) in [6.45, 7) is 5.01. The third-order valence-corrected chi connectivity index (χ3v) is 3.66. The Morgan fingerprint density at radius 2 is 2.33 bits per heavy atom. The van der Waals surface area contributed by atoms with E-state index in [1.54, 1.807) is 0 Å². The van der Waals surface area contributed by atoms with Crippen molar-refractivity contribution in [2.24, 2.45) is 0 Å². The molecule has 0 aliphatic carbocycles. The quantitative estimate of drug-likeness (QED) is 0.778. The van der Waals surface area contributed by atoms with Gasteiger partial charge < -0.3 is 10.2 Å². The van der Waals surface area contributed by atoms with Crippen LogP contribution in [-0.2, 0) is 11.3 Å². The maximum atomic E-state index is 11.7. The smallest absolute Gasteiger partial charge is 0.236 e. The van der Waals surface area contributed by atoms with E-state index in [2.05, 4.69) is 21.3 Å². The van der Waals surface area contributed by atoms with Gasteiger partial charge in [-0.25, -0.2) is 0 Å². The molecule has 0 bridgehead atoms. The summed E-state index contributed by atoms with van der Waals surface area (Å²) in [6, 6.07) is 6.33. The predicted octanol–water partition coefficient (Wildman–Crippen LogP) is -0.302. The Morgan fingerprint density at radius 1 is 1.39 bits per heavy atom. The standard InChI is InChI=1S/C13H18N4O/c18-13-8-14-7-12-10-16(5-6-17(12)13)9-11-3-1-2-4-15-11/h1-4,12,14H,5-10H2. The van der Waals surface area contributed by atoms with Crippen molar-refractivity contribution >= 4 is 5.91 Å². The van der Waals surface area contributed by atoms with Crippen LogP contribution in [0, 0.1) is 0 Å². The van der Waals surface area contributed by atoms with Crippen LogP contribution in [0.15, 0.2) is 24.4 Å². The first-order valence-corrected chi connectivity index (χ1v) is 6.45. The molecule has 5 nitrogen and oxygen atoms in total. The van der Waals surface area contributed by atoms with E-state index in [-0.39, 0.29) is 5.91 Å². The Balaban J connectivity index is 1.62. The Kier molecular flexibility index (Phi) is 3.25. The fourth-order valence-corrected chi connectivity index (χ4v) is 2.73. The maximum Gasteiger partial charge on any atom is 0.236 e. The Bertz CT molecular complexity index is 422. The lowest BCUT2D eigenvalue weighted by molar-refractivity contribution is -0.137. The van der Waals surface area contributed by atoms with Crippen LogP contribution in [0.25, 0.3) is 0 Å². The van der Waals surface area contributed by atoms with Gasteiger partial charge >= 0.3 is 0 Å². The number of nitrogens with zero attached hydrogens (tertiary/aromatic N) is 3. The first-order valence-electron chi connectivity index (χ1n) is 6.45. The van der Waals surface area contributed by atoms with E-state index in [0.717, 1.165) is 38.4 Å². The third kappa shape index (κ3) is 2.37. The van der Waals surface area contributed by atoms with Gasteiger partial charge in [-0.1, -0.05) is 6.07 Å². The van der Waals surface area contributed by atoms with E-state index in [9.17, 15) is 4.79 Å². The number of nitrogens with one attached hydrogen (secondary N) is 1. The summed E-state index contributed by atoms with van der Waals surface area (Å²) in [5.41, 5.74) is 1.10. The molecule has 5 heteroatoms. The van der Waals surface area contributed by atoms with E-state index in [4.69, 9.17) is 0 Å². The van der Waals surface area contributed by atoms with Crippen LogP contribution in [-0.4, -0.2) is 59.5 Å². The van der Waals surface area contributed by atoms with E-state index < -0.39 is 0 Å². The van der Waals surface area contributed by atoms with Crippen molar-refractivity contribution in [2.75, 3.05) is 32.7 Å². The van der Waals surface area contributed by atoms with Crippen LogP contribution in [0.3, 0.4) is 0 Å². The fourth-order valence-electron chi connectivity index (χ4n) is 2.73. The summed E-state index contributed by atoms with van der Waals surface area (Å²) in [5.74, 6) is 0.240. The highest BCUT2D eigenvalue weighted by atomic mass is 16.2. The highest BCUT2D eigenvalue weighted by molar-refractivity contribution is 5.79. The number of carbonyl (C=O) groups is 1. The number of pyridine rings is 1. The molecule has 1 atom stereocenters. The summed E-state index contributed by atoms with van der Waals surface area (Å²) in [4.78, 5) is 20.5. The van der Waals surface area contributed by atoms with E-state index in [0.29, 0.717) is 12.6 Å². The molecule has 3 heterocycles. The van der Waals surface area contributed by atoms with Gasteiger partial charge in [0.1, 0.15) is 0 Å². The van der Waals surface area contributed by atoms with Gasteiger partial charge in [-0.2, -0.15) is 0 Å². The molecule has 2 aliphatic rings. The predicted molar refractivity (Wildman–Crippen MR) is 67.9 cm³/mol. The van der Waals surface area contributed by atoms with Crippen molar-refractivity contribution in [3.8, 4) is 0 Å². The maximum absolute atomic E-state index is 11.7. The van der Waals surface area contributed by atoms with Crippen LogP contribution in [0.2, 0.25) is 0 Å². The van der Waals surface area contributed by atoms with Gasteiger partial charge in [-0.05, 0) is 12.1 Å². The zero-order valence-electron chi connectivity index (χ0n) is 10.4. The van der Waals surface area contributed by atoms with Crippen molar-refractivity contribution in [1.82, 2.24) is 20.1 Å². The highest BCUT2D eigenvalue weighted by Gasteiger charge is 2.32. The zero-order chi connectivity index (χ0) is 12.4. The molecule has 2 aliphatic heterocycles. The molecule has 0 aromatic carbocycles. The molecule has 2 saturated heterocycles. The monoisotopic (exact) mass is 246 g/mol. The minimum Gasteiger partial charge on any atom is -0.335 e. The van der Waals surface area contributed by atoms with Crippen molar-refractivity contribution in [1.29, 1.82) is 0 Å². The van der Waals surface area contributed by atoms with Crippen molar-refractivity contribution < 1.29 is 4.79 Å². The summed E-state index contributed by atoms with van der Waals surface area (Å²) >= 11 is 0. The fraction of sp³-hybridized carbons (Fsp3) is 0.538. The zero-order valence-corrected chi connectivity index (χ0v) is 10.4. The minimum atomic E-state index is 0.240. The average Bonchev–Trinajstić information content (AvgIpc) is 2.40. The number of aromatic nitrogens is 1. The Labute approximate surface area is 107 Å². The van der Waals surface area contributed by atoms with Crippen molar-refractivity contribution in [3.05, 3.63) is 30.1 Å². The number of carbonyl (C=O) groups excluding carboxylic acids is 1. The molecule has 2 fully saturated rings. The average molecular weight is 246 g/mol. The number of piperazine rings is 2. The number of hydrogen-bond acceptors (Lipinski definition) is 4. The molecule has 0 radical (unpaired) electrons. The summed E-state index contributed by atoms with van der Waals surface area (Å²) in [7, 11) is 0. The number of hydrogen-bond donors (Lipinski definition) is 1. The molecule has 3 rings (SSSR count). The minimum absolute atomic E-state index is 0.240. The second kappa shape index (κ2) is 5.04. The molecule has 1 aromatic heterocycles. The SMILES string of the molecule is O=C1CNCC2CN(Cc3ccccn3)CCN12. The molecule has 1 aromatic rings. The van der Waals surface area contributed by atoms with Gasteiger partial charge in [0.05, 0.1) is 18.3 Å². The van der Waals surface area contributed by atoms with Crippen LogP contribution in [0.4, 0.5) is 0 Å². The van der Waals surface area contributed by atoms with Gasteiger partial charge in [0.15, 0.2) is 0 Å².